The Hall–Kier alpha value is 0.190. The Bertz CT molecular complexity index is 437. The highest BCUT2D eigenvalue weighted by Crippen LogP contribution is 2.24. The SMILES string of the molecule is CN(C(=O)c1cc(I)ccc1Br)C(C)(C)CCl. The van der Waals surface area contributed by atoms with E-state index in [1.54, 1.807) is 11.9 Å². The molecular formula is C12H14BrClINO. The van der Waals surface area contributed by atoms with Crippen LogP contribution in [0.4, 0.5) is 0 Å². The van der Waals surface area contributed by atoms with Crippen LogP contribution < -0.4 is 0 Å². The number of benzene rings is 1. The van der Waals surface area contributed by atoms with Crippen molar-refractivity contribution in [1.29, 1.82) is 0 Å². The van der Waals surface area contributed by atoms with Crippen molar-refractivity contribution in [2.24, 2.45) is 0 Å². The summed E-state index contributed by atoms with van der Waals surface area (Å²) in [6.07, 6.45) is 0. The number of nitrogens with zero attached hydrogens (tertiary/aromatic N) is 1. The molecule has 0 unspecified atom stereocenters. The highest BCUT2D eigenvalue weighted by molar-refractivity contribution is 14.1. The number of hydrogen-bond donors (Lipinski definition) is 0. The van der Waals surface area contributed by atoms with E-state index in [9.17, 15) is 4.79 Å². The molecule has 0 bridgehead atoms. The van der Waals surface area contributed by atoms with Crippen molar-refractivity contribution in [3.8, 4) is 0 Å². The van der Waals surface area contributed by atoms with Gasteiger partial charge in [0, 0.05) is 21.0 Å². The smallest absolute Gasteiger partial charge is 0.255 e. The second-order valence-electron chi connectivity index (χ2n) is 4.43. The molecule has 1 amide bonds. The second kappa shape index (κ2) is 5.89. The Kier molecular flexibility index (Phi) is 5.28. The van der Waals surface area contributed by atoms with Crippen LogP contribution in [-0.2, 0) is 0 Å². The summed E-state index contributed by atoms with van der Waals surface area (Å²) in [5.41, 5.74) is 0.303. The molecule has 0 atom stereocenters. The predicted molar refractivity (Wildman–Crippen MR) is 83.8 cm³/mol. The quantitative estimate of drug-likeness (QED) is 0.521. The van der Waals surface area contributed by atoms with Gasteiger partial charge in [0.05, 0.1) is 11.1 Å². The molecule has 0 spiro atoms. The molecule has 0 aliphatic rings. The number of rotatable bonds is 3. The number of alkyl halides is 1. The number of carbonyl (C=O) groups excluding carboxylic acids is 1. The van der Waals surface area contributed by atoms with Crippen LogP contribution in [-0.4, -0.2) is 29.3 Å². The van der Waals surface area contributed by atoms with Crippen molar-refractivity contribution in [2.45, 2.75) is 19.4 Å². The van der Waals surface area contributed by atoms with E-state index < -0.39 is 0 Å². The van der Waals surface area contributed by atoms with Crippen molar-refractivity contribution in [3.63, 3.8) is 0 Å². The normalized spacial score (nSPS) is 11.4. The molecule has 94 valence electrons. The average Bonchev–Trinajstić information content (AvgIpc) is 2.30. The summed E-state index contributed by atoms with van der Waals surface area (Å²) < 4.78 is 1.84. The third-order valence-electron chi connectivity index (χ3n) is 2.70. The van der Waals surface area contributed by atoms with E-state index in [0.717, 1.165) is 8.04 Å². The second-order valence-corrected chi connectivity index (χ2v) is 6.80. The first kappa shape index (κ1) is 15.2. The van der Waals surface area contributed by atoms with Crippen molar-refractivity contribution < 1.29 is 4.79 Å². The maximum absolute atomic E-state index is 12.4. The zero-order valence-electron chi connectivity index (χ0n) is 9.93. The lowest BCUT2D eigenvalue weighted by Gasteiger charge is -2.34. The Morgan fingerprint density at radius 1 is 1.53 bits per heavy atom. The molecule has 0 N–H and O–H groups in total. The standard InChI is InChI=1S/C12H14BrClINO/c1-12(2,7-14)16(3)11(17)9-6-8(15)4-5-10(9)13/h4-6H,7H2,1-3H3. The molecule has 17 heavy (non-hydrogen) atoms. The van der Waals surface area contributed by atoms with Crippen LogP contribution in [0.1, 0.15) is 24.2 Å². The van der Waals surface area contributed by atoms with E-state index in [-0.39, 0.29) is 11.4 Å². The van der Waals surface area contributed by atoms with E-state index in [4.69, 9.17) is 11.6 Å². The van der Waals surface area contributed by atoms with Gasteiger partial charge in [-0.1, -0.05) is 0 Å². The molecule has 0 heterocycles. The molecule has 0 radical (unpaired) electrons. The fourth-order valence-electron chi connectivity index (χ4n) is 1.21. The number of carbonyl (C=O) groups is 1. The summed E-state index contributed by atoms with van der Waals surface area (Å²) in [6, 6.07) is 5.71. The summed E-state index contributed by atoms with van der Waals surface area (Å²) in [5.74, 6) is 0.373. The lowest BCUT2D eigenvalue weighted by molar-refractivity contribution is 0.0659. The molecule has 0 saturated heterocycles. The molecule has 0 fully saturated rings. The van der Waals surface area contributed by atoms with Gasteiger partial charge in [-0.05, 0) is 70.6 Å². The van der Waals surface area contributed by atoms with E-state index in [0.29, 0.717) is 11.4 Å². The minimum atomic E-state index is -0.362. The largest absolute Gasteiger partial charge is 0.335 e. The molecule has 0 saturated carbocycles. The number of halogens is 3. The molecule has 1 rings (SSSR count). The maximum atomic E-state index is 12.4. The zero-order valence-corrected chi connectivity index (χ0v) is 14.4. The van der Waals surface area contributed by atoms with E-state index in [1.165, 1.54) is 0 Å². The van der Waals surface area contributed by atoms with Gasteiger partial charge >= 0.3 is 0 Å². The molecular weight excluding hydrogens is 416 g/mol. The van der Waals surface area contributed by atoms with Crippen molar-refractivity contribution in [2.75, 3.05) is 12.9 Å². The van der Waals surface area contributed by atoms with Crippen LogP contribution in [0.5, 0.6) is 0 Å². The van der Waals surface area contributed by atoms with Crippen molar-refractivity contribution in [3.05, 3.63) is 31.8 Å². The highest BCUT2D eigenvalue weighted by atomic mass is 127. The molecule has 1 aromatic rings. The minimum Gasteiger partial charge on any atom is -0.335 e. The summed E-state index contributed by atoms with van der Waals surface area (Å²) in [5, 5.41) is 0. The van der Waals surface area contributed by atoms with Gasteiger partial charge in [0.15, 0.2) is 0 Å². The lowest BCUT2D eigenvalue weighted by Crippen LogP contribution is -2.46. The number of hydrogen-bond acceptors (Lipinski definition) is 1. The van der Waals surface area contributed by atoms with Gasteiger partial charge in [-0.15, -0.1) is 11.6 Å². The van der Waals surface area contributed by atoms with Crippen molar-refractivity contribution >= 4 is 56.0 Å². The van der Waals surface area contributed by atoms with E-state index in [1.807, 2.05) is 32.0 Å². The van der Waals surface area contributed by atoms with Crippen LogP contribution in [0.2, 0.25) is 0 Å². The van der Waals surface area contributed by atoms with Crippen LogP contribution in [0, 0.1) is 3.57 Å². The third kappa shape index (κ3) is 3.58. The molecule has 5 heteroatoms. The van der Waals surface area contributed by atoms with Gasteiger partial charge in [0.2, 0.25) is 0 Å². The molecule has 1 aromatic carbocycles. The fraction of sp³-hybridized carbons (Fsp3) is 0.417. The van der Waals surface area contributed by atoms with E-state index >= 15 is 0 Å². The van der Waals surface area contributed by atoms with Crippen LogP contribution in [0.3, 0.4) is 0 Å². The van der Waals surface area contributed by atoms with Gasteiger partial charge in [0.1, 0.15) is 0 Å². The first-order valence-corrected chi connectivity index (χ1v) is 7.49. The fourth-order valence-corrected chi connectivity index (χ4v) is 2.29. The highest BCUT2D eigenvalue weighted by Gasteiger charge is 2.28. The average molecular weight is 431 g/mol. The van der Waals surface area contributed by atoms with Crippen molar-refractivity contribution in [1.82, 2.24) is 4.90 Å². The minimum absolute atomic E-state index is 0.0268. The molecule has 0 aliphatic carbocycles. The number of amides is 1. The Labute approximate surface area is 129 Å². The first-order valence-electron chi connectivity index (χ1n) is 5.09. The summed E-state index contributed by atoms with van der Waals surface area (Å²) >= 11 is 11.5. The molecule has 0 aromatic heterocycles. The first-order chi connectivity index (χ1) is 7.79. The predicted octanol–water partition coefficient (Wildman–Crippen LogP) is 4.14. The van der Waals surface area contributed by atoms with E-state index in [2.05, 4.69) is 38.5 Å². The van der Waals surface area contributed by atoms with Crippen LogP contribution in [0.15, 0.2) is 22.7 Å². The molecule has 2 nitrogen and oxygen atoms in total. The topological polar surface area (TPSA) is 20.3 Å². The maximum Gasteiger partial charge on any atom is 0.255 e. The molecule has 0 aliphatic heterocycles. The monoisotopic (exact) mass is 429 g/mol. The van der Waals surface area contributed by atoms with Crippen LogP contribution >= 0.6 is 50.1 Å². The Morgan fingerprint density at radius 3 is 2.65 bits per heavy atom. The van der Waals surface area contributed by atoms with Gasteiger partial charge in [0.25, 0.3) is 5.91 Å². The lowest BCUT2D eigenvalue weighted by atomic mass is 10.0. The van der Waals surface area contributed by atoms with Gasteiger partial charge in [-0.3, -0.25) is 4.79 Å². The Balaban J connectivity index is 3.08. The van der Waals surface area contributed by atoms with Gasteiger partial charge < -0.3 is 4.90 Å². The van der Waals surface area contributed by atoms with Gasteiger partial charge in [-0.2, -0.15) is 0 Å². The van der Waals surface area contributed by atoms with Crippen LogP contribution in [0.25, 0.3) is 0 Å². The summed E-state index contributed by atoms with van der Waals surface area (Å²) in [4.78, 5) is 14.0. The van der Waals surface area contributed by atoms with Gasteiger partial charge in [-0.25, -0.2) is 0 Å². The summed E-state index contributed by atoms with van der Waals surface area (Å²) in [6.45, 7) is 3.89. The Morgan fingerprint density at radius 2 is 2.12 bits per heavy atom. The zero-order chi connectivity index (χ0) is 13.2. The third-order valence-corrected chi connectivity index (χ3v) is 4.72. The summed E-state index contributed by atoms with van der Waals surface area (Å²) in [7, 11) is 1.77.